The fraction of sp³-hybridized carbons (Fsp3) is 0.379. The van der Waals surface area contributed by atoms with Crippen molar-refractivity contribution < 1.29 is 13.9 Å². The minimum atomic E-state index is -3.90. The van der Waals surface area contributed by atoms with Gasteiger partial charge >= 0.3 is 0 Å². The number of primary amides is 1. The second kappa shape index (κ2) is 10.9. The number of rotatable bonds is 7. The molecule has 3 aromatic rings. The van der Waals surface area contributed by atoms with E-state index in [2.05, 4.69) is 25.8 Å². The van der Waals surface area contributed by atoms with Gasteiger partial charge in [0.25, 0.3) is 13.3 Å². The molecule has 1 fully saturated rings. The lowest BCUT2D eigenvalue weighted by molar-refractivity contribution is 0.0514. The van der Waals surface area contributed by atoms with Gasteiger partial charge in [0, 0.05) is 27.3 Å². The van der Waals surface area contributed by atoms with Crippen molar-refractivity contribution in [1.29, 1.82) is 5.26 Å². The number of aromatic amines is 1. The maximum atomic E-state index is 15.5. The molecule has 3 unspecified atom stereocenters. The molecule has 4 atom stereocenters. The van der Waals surface area contributed by atoms with Gasteiger partial charge in [0.2, 0.25) is 0 Å². The molecule has 1 saturated carbocycles. The third-order valence-corrected chi connectivity index (χ3v) is 10.1. The zero-order valence-electron chi connectivity index (χ0n) is 21.6. The van der Waals surface area contributed by atoms with Crippen LogP contribution in [0.5, 0.6) is 0 Å². The Morgan fingerprint density at radius 3 is 2.70 bits per heavy atom. The summed E-state index contributed by atoms with van der Waals surface area (Å²) in [4.78, 5) is 15.7. The van der Waals surface area contributed by atoms with Crippen LogP contribution in [-0.2, 0) is 9.09 Å². The molecule has 37 heavy (non-hydrogen) atoms. The summed E-state index contributed by atoms with van der Waals surface area (Å²) in [6.45, 7) is 8.42. The summed E-state index contributed by atoms with van der Waals surface area (Å²) < 4.78 is 22.3. The Balaban J connectivity index is 2.02. The zero-order valence-corrected chi connectivity index (χ0v) is 23.3. The Hall–Kier alpha value is -2.84. The quantitative estimate of drug-likeness (QED) is 0.266. The maximum absolute atomic E-state index is 15.5. The van der Waals surface area contributed by atoms with E-state index in [1.165, 1.54) is 6.08 Å². The molecule has 4 rings (SSSR count). The third kappa shape index (κ3) is 5.55. The molecule has 3 N–H and O–H groups in total. The fourth-order valence-corrected chi connectivity index (χ4v) is 8.43. The van der Waals surface area contributed by atoms with Crippen LogP contribution in [0.2, 0.25) is 5.02 Å². The monoisotopic (exact) mass is 537 g/mol. The average Bonchev–Trinajstić information content (AvgIpc) is 3.22. The predicted octanol–water partition coefficient (Wildman–Crippen LogP) is 6.47. The first kappa shape index (κ1) is 27.2. The van der Waals surface area contributed by atoms with Crippen LogP contribution in [0.15, 0.2) is 42.5 Å². The molecule has 1 aliphatic rings. The van der Waals surface area contributed by atoms with Gasteiger partial charge in [-0.2, -0.15) is 5.26 Å². The number of nitrogens with one attached hydrogen (secondary N) is 1. The van der Waals surface area contributed by atoms with Crippen LogP contribution in [0, 0.1) is 36.0 Å². The van der Waals surface area contributed by atoms with E-state index >= 15 is 4.57 Å². The normalized spacial score (nSPS) is 21.8. The molecular formula is C29H33ClN3O3P. The number of hydrogen-bond acceptors (Lipinski definition) is 4. The Labute approximate surface area is 223 Å². The van der Waals surface area contributed by atoms with Gasteiger partial charge < -0.3 is 15.2 Å². The van der Waals surface area contributed by atoms with Crippen molar-refractivity contribution in [1.82, 2.24) is 4.98 Å². The Bertz CT molecular complexity index is 1450. The summed E-state index contributed by atoms with van der Waals surface area (Å²) in [6, 6.07) is 12.7. The first-order chi connectivity index (χ1) is 17.5. The van der Waals surface area contributed by atoms with Crippen molar-refractivity contribution in [3.05, 3.63) is 64.3 Å². The number of amides is 1. The largest absolute Gasteiger partial charge is 0.364 e. The molecule has 0 bridgehead atoms. The molecule has 0 saturated heterocycles. The van der Waals surface area contributed by atoms with E-state index in [0.29, 0.717) is 33.1 Å². The first-order valence-corrected chi connectivity index (χ1v) is 14.6. The maximum Gasteiger partial charge on any atom is 0.266 e. The van der Waals surface area contributed by atoms with E-state index in [1.54, 1.807) is 30.3 Å². The number of nitriles is 1. The van der Waals surface area contributed by atoms with Gasteiger partial charge in [-0.1, -0.05) is 44.9 Å². The molecule has 1 heterocycles. The lowest BCUT2D eigenvalue weighted by Crippen LogP contribution is -2.37. The highest BCUT2D eigenvalue weighted by atomic mass is 35.5. The molecule has 2 aromatic carbocycles. The highest BCUT2D eigenvalue weighted by molar-refractivity contribution is 7.75. The third-order valence-electron chi connectivity index (χ3n) is 7.29. The van der Waals surface area contributed by atoms with Crippen LogP contribution in [0.25, 0.3) is 17.0 Å². The van der Waals surface area contributed by atoms with E-state index < -0.39 is 13.3 Å². The number of halogens is 1. The van der Waals surface area contributed by atoms with Gasteiger partial charge in [-0.05, 0) is 85.1 Å². The summed E-state index contributed by atoms with van der Waals surface area (Å²) in [5.41, 5.74) is 8.06. The van der Waals surface area contributed by atoms with Crippen LogP contribution in [-0.4, -0.2) is 17.0 Å². The number of nitrogens with two attached hydrogens (primary N) is 1. The van der Waals surface area contributed by atoms with Crippen molar-refractivity contribution in [2.24, 2.45) is 23.5 Å². The number of aromatic nitrogens is 1. The molecule has 1 aromatic heterocycles. The number of aryl methyl sites for hydroxylation is 1. The van der Waals surface area contributed by atoms with Gasteiger partial charge in [0.1, 0.15) is 5.69 Å². The SMILES string of the molecule is Cc1cc(C=CC#N)cc([P@@](=O)(OC2CC(C)CCC2C(C)C)c2c(C(N)=O)[nH]c3ccc(Cl)cc23)c1. The Morgan fingerprint density at radius 1 is 1.27 bits per heavy atom. The number of H-pyrrole nitrogens is 1. The Morgan fingerprint density at radius 2 is 2.03 bits per heavy atom. The topological polar surface area (TPSA) is 109 Å². The fourth-order valence-electron chi connectivity index (χ4n) is 5.49. The second-order valence-electron chi connectivity index (χ2n) is 10.5. The number of allylic oxidation sites excluding steroid dienone is 1. The lowest BCUT2D eigenvalue weighted by atomic mass is 9.75. The predicted molar refractivity (Wildman–Crippen MR) is 151 cm³/mol. The molecule has 8 heteroatoms. The van der Waals surface area contributed by atoms with Crippen molar-refractivity contribution >= 4 is 52.5 Å². The standard InChI is InChI=1S/C29H33ClN3O3P/c1-17(2)23-9-7-18(3)14-26(23)36-37(35,22-13-19(4)12-20(15-22)6-5-11-31)28-24-16-21(30)8-10-25(24)33-27(28)29(32)34/h5-6,8,10,12-13,15-18,23,26,33H,7,9,14H2,1-4H3,(H2,32,34)/t18?,23?,26?,37-/m1/s1. The van der Waals surface area contributed by atoms with Crippen LogP contribution in [0.3, 0.4) is 0 Å². The number of hydrogen-bond donors (Lipinski definition) is 2. The van der Waals surface area contributed by atoms with Gasteiger partial charge in [0.05, 0.1) is 17.5 Å². The van der Waals surface area contributed by atoms with Crippen LogP contribution < -0.4 is 16.3 Å². The van der Waals surface area contributed by atoms with E-state index in [0.717, 1.165) is 30.4 Å². The second-order valence-corrected chi connectivity index (χ2v) is 13.2. The molecular weight excluding hydrogens is 505 g/mol. The number of fused-ring (bicyclic) bond motifs is 1. The summed E-state index contributed by atoms with van der Waals surface area (Å²) in [5.74, 6) is 0.262. The molecule has 6 nitrogen and oxygen atoms in total. The van der Waals surface area contributed by atoms with E-state index in [4.69, 9.17) is 27.1 Å². The smallest absolute Gasteiger partial charge is 0.266 e. The highest BCUT2D eigenvalue weighted by Gasteiger charge is 2.42. The van der Waals surface area contributed by atoms with Gasteiger partial charge in [-0.15, -0.1) is 0 Å². The van der Waals surface area contributed by atoms with Crippen molar-refractivity contribution in [3.8, 4) is 6.07 Å². The number of carbonyl (C=O) groups excluding carboxylic acids is 1. The van der Waals surface area contributed by atoms with Crippen LogP contribution >= 0.6 is 19.0 Å². The average molecular weight is 538 g/mol. The molecule has 194 valence electrons. The van der Waals surface area contributed by atoms with Crippen molar-refractivity contribution in [3.63, 3.8) is 0 Å². The van der Waals surface area contributed by atoms with E-state index in [1.807, 2.05) is 25.1 Å². The van der Waals surface area contributed by atoms with Gasteiger partial charge in [-0.3, -0.25) is 9.36 Å². The lowest BCUT2D eigenvalue weighted by Gasteiger charge is -2.39. The molecule has 1 amide bonds. The number of nitrogens with zero attached hydrogens (tertiary/aromatic N) is 1. The minimum absolute atomic E-state index is 0.0566. The van der Waals surface area contributed by atoms with Crippen LogP contribution in [0.1, 0.15) is 61.6 Å². The molecule has 1 aliphatic carbocycles. The van der Waals surface area contributed by atoms with E-state index in [9.17, 15) is 4.79 Å². The van der Waals surface area contributed by atoms with Crippen LogP contribution in [0.4, 0.5) is 0 Å². The first-order valence-electron chi connectivity index (χ1n) is 12.6. The molecule has 0 spiro atoms. The van der Waals surface area contributed by atoms with E-state index in [-0.39, 0.29) is 23.0 Å². The summed E-state index contributed by atoms with van der Waals surface area (Å²) in [7, 11) is -3.90. The van der Waals surface area contributed by atoms with Crippen molar-refractivity contribution in [2.75, 3.05) is 0 Å². The molecule has 0 aliphatic heterocycles. The summed E-state index contributed by atoms with van der Waals surface area (Å²) >= 11 is 6.36. The number of benzene rings is 2. The Kier molecular flexibility index (Phi) is 7.99. The molecule has 0 radical (unpaired) electrons. The minimum Gasteiger partial charge on any atom is -0.364 e. The zero-order chi connectivity index (χ0) is 26.9. The van der Waals surface area contributed by atoms with Gasteiger partial charge in [0.15, 0.2) is 0 Å². The van der Waals surface area contributed by atoms with Crippen molar-refractivity contribution in [2.45, 2.75) is 53.1 Å². The number of carbonyl (C=O) groups is 1. The van der Waals surface area contributed by atoms with Gasteiger partial charge in [-0.25, -0.2) is 0 Å². The summed E-state index contributed by atoms with van der Waals surface area (Å²) in [5, 5.41) is 10.8. The summed E-state index contributed by atoms with van der Waals surface area (Å²) in [6.07, 6.45) is 5.63. The highest BCUT2D eigenvalue weighted by Crippen LogP contribution is 2.53.